The summed E-state index contributed by atoms with van der Waals surface area (Å²) in [4.78, 5) is 0. The molecule has 0 bridgehead atoms. The van der Waals surface area contributed by atoms with Crippen molar-refractivity contribution in [3.8, 4) is 0 Å². The summed E-state index contributed by atoms with van der Waals surface area (Å²) in [6.07, 6.45) is 19.1. The number of unbranched alkanes of at least 4 members (excludes halogenated alkanes) is 13. The van der Waals surface area contributed by atoms with Crippen LogP contribution in [0.5, 0.6) is 0 Å². The van der Waals surface area contributed by atoms with Gasteiger partial charge in [0.15, 0.2) is 0 Å². The summed E-state index contributed by atoms with van der Waals surface area (Å²) in [5, 5.41) is 0. The van der Waals surface area contributed by atoms with Gasteiger partial charge in [-0.2, -0.15) is 0 Å². The molecule has 0 atom stereocenters. The van der Waals surface area contributed by atoms with Crippen molar-refractivity contribution >= 4 is 0 Å². The van der Waals surface area contributed by atoms with Gasteiger partial charge in [0.05, 0.1) is 6.67 Å². The van der Waals surface area contributed by atoms with Crippen LogP contribution in [0.15, 0.2) is 0 Å². The minimum Gasteiger partial charge on any atom is -0.381 e. The lowest BCUT2D eigenvalue weighted by Gasteiger charge is -2.04. The lowest BCUT2D eigenvalue weighted by Crippen LogP contribution is -1.96. The third-order valence-electron chi connectivity index (χ3n) is 4.06. The second-order valence-corrected chi connectivity index (χ2v) is 6.25. The van der Waals surface area contributed by atoms with Gasteiger partial charge < -0.3 is 4.74 Å². The Morgan fingerprint density at radius 3 is 1.33 bits per heavy atom. The van der Waals surface area contributed by atoms with E-state index in [-0.39, 0.29) is 6.67 Å². The quantitative estimate of drug-likeness (QED) is 0.252. The van der Waals surface area contributed by atoms with E-state index in [1.54, 1.807) is 0 Å². The van der Waals surface area contributed by atoms with Gasteiger partial charge in [0.25, 0.3) is 0 Å². The number of hydrogen-bond donors (Lipinski definition) is 0. The summed E-state index contributed by atoms with van der Waals surface area (Å²) in [7, 11) is 0. The summed E-state index contributed by atoms with van der Waals surface area (Å²) >= 11 is 0. The zero-order valence-electron chi connectivity index (χ0n) is 14.5. The van der Waals surface area contributed by atoms with Gasteiger partial charge >= 0.3 is 0 Å². The number of alkyl halides is 1. The largest absolute Gasteiger partial charge is 0.381 e. The van der Waals surface area contributed by atoms with Crippen molar-refractivity contribution in [1.29, 1.82) is 0 Å². The predicted octanol–water partition coefficient (Wildman–Crippen LogP) is 6.84. The third-order valence-corrected chi connectivity index (χ3v) is 4.06. The first-order chi connectivity index (χ1) is 10.4. The summed E-state index contributed by atoms with van der Waals surface area (Å²) < 4.78 is 17.4. The monoisotopic (exact) mass is 302 g/mol. The van der Waals surface area contributed by atoms with E-state index >= 15 is 0 Å². The summed E-state index contributed by atoms with van der Waals surface area (Å²) in [5.41, 5.74) is 0. The molecule has 0 radical (unpaired) electrons. The fourth-order valence-corrected chi connectivity index (χ4v) is 2.59. The van der Waals surface area contributed by atoms with Gasteiger partial charge in [-0.25, -0.2) is 0 Å². The highest BCUT2D eigenvalue weighted by molar-refractivity contribution is 4.49. The Bertz CT molecular complexity index is 155. The molecule has 0 rings (SSSR count). The molecule has 0 aromatic carbocycles. The molecule has 0 aliphatic heterocycles. The van der Waals surface area contributed by atoms with Crippen LogP contribution < -0.4 is 0 Å². The van der Waals surface area contributed by atoms with Gasteiger partial charge in [-0.3, -0.25) is 4.39 Å². The molecule has 0 aromatic heterocycles. The maximum absolute atomic E-state index is 11.9. The van der Waals surface area contributed by atoms with Gasteiger partial charge in [0.1, 0.15) is 0 Å². The molecule has 0 heterocycles. The Hall–Kier alpha value is -0.110. The summed E-state index contributed by atoms with van der Waals surface area (Å²) in [6, 6.07) is 0. The molecule has 1 nitrogen and oxygen atoms in total. The van der Waals surface area contributed by atoms with Crippen molar-refractivity contribution in [2.75, 3.05) is 19.9 Å². The first-order valence-electron chi connectivity index (χ1n) is 9.55. The van der Waals surface area contributed by atoms with Crippen molar-refractivity contribution in [2.45, 2.75) is 103 Å². The minimum absolute atomic E-state index is 0.134. The predicted molar refractivity (Wildman–Crippen MR) is 91.7 cm³/mol. The lowest BCUT2D eigenvalue weighted by atomic mass is 10.0. The van der Waals surface area contributed by atoms with E-state index in [0.717, 1.165) is 26.1 Å². The Morgan fingerprint density at radius 1 is 0.524 bits per heavy atom. The number of rotatable bonds is 18. The first kappa shape index (κ1) is 20.9. The fourth-order valence-electron chi connectivity index (χ4n) is 2.59. The maximum Gasteiger partial charge on any atom is 0.0894 e. The Morgan fingerprint density at radius 2 is 0.905 bits per heavy atom. The molecular weight excluding hydrogens is 263 g/mol. The molecule has 21 heavy (non-hydrogen) atoms. The van der Waals surface area contributed by atoms with Crippen LogP contribution in [-0.4, -0.2) is 19.9 Å². The van der Waals surface area contributed by atoms with Crippen molar-refractivity contribution in [3.63, 3.8) is 0 Å². The molecule has 0 aromatic rings. The van der Waals surface area contributed by atoms with E-state index in [9.17, 15) is 4.39 Å². The molecule has 0 aliphatic rings. The second kappa shape index (κ2) is 19.9. The van der Waals surface area contributed by atoms with Crippen LogP contribution in [0.4, 0.5) is 4.39 Å². The number of halogens is 1. The second-order valence-electron chi connectivity index (χ2n) is 6.25. The molecule has 0 N–H and O–H groups in total. The van der Waals surface area contributed by atoms with Gasteiger partial charge in [0, 0.05) is 13.2 Å². The minimum atomic E-state index is -0.134. The normalized spacial score (nSPS) is 11.1. The molecule has 128 valence electrons. The topological polar surface area (TPSA) is 9.23 Å². The van der Waals surface area contributed by atoms with E-state index in [2.05, 4.69) is 6.92 Å². The van der Waals surface area contributed by atoms with Crippen LogP contribution >= 0.6 is 0 Å². The van der Waals surface area contributed by atoms with Crippen LogP contribution in [0.3, 0.4) is 0 Å². The highest BCUT2D eigenvalue weighted by Gasteiger charge is 1.94. The average molecular weight is 303 g/mol. The SMILES string of the molecule is CCCCOCCCCCCCCCCCCCCCF. The van der Waals surface area contributed by atoms with Gasteiger partial charge in [-0.1, -0.05) is 84.0 Å². The van der Waals surface area contributed by atoms with Gasteiger partial charge in [-0.15, -0.1) is 0 Å². The Kier molecular flexibility index (Phi) is 19.8. The van der Waals surface area contributed by atoms with E-state index < -0.39 is 0 Å². The Balaban J connectivity index is 2.90. The number of ether oxygens (including phenoxy) is 1. The smallest absolute Gasteiger partial charge is 0.0894 e. The van der Waals surface area contributed by atoms with Gasteiger partial charge in [0.2, 0.25) is 0 Å². The zero-order valence-corrected chi connectivity index (χ0v) is 14.5. The van der Waals surface area contributed by atoms with E-state index in [4.69, 9.17) is 4.74 Å². The molecule has 0 saturated heterocycles. The summed E-state index contributed by atoms with van der Waals surface area (Å²) in [5.74, 6) is 0. The van der Waals surface area contributed by atoms with Crippen LogP contribution in [-0.2, 0) is 4.74 Å². The molecule has 0 unspecified atom stereocenters. The highest BCUT2D eigenvalue weighted by Crippen LogP contribution is 2.12. The highest BCUT2D eigenvalue weighted by atomic mass is 19.1. The van der Waals surface area contributed by atoms with Crippen molar-refractivity contribution in [3.05, 3.63) is 0 Å². The number of hydrogen-bond acceptors (Lipinski definition) is 1. The zero-order chi connectivity index (χ0) is 15.4. The fraction of sp³-hybridized carbons (Fsp3) is 1.00. The maximum atomic E-state index is 11.9. The lowest BCUT2D eigenvalue weighted by molar-refractivity contribution is 0.127. The first-order valence-corrected chi connectivity index (χ1v) is 9.55. The van der Waals surface area contributed by atoms with Crippen LogP contribution in [0.2, 0.25) is 0 Å². The van der Waals surface area contributed by atoms with E-state index in [1.807, 2.05) is 0 Å². The molecule has 0 fully saturated rings. The molecule has 0 aliphatic carbocycles. The van der Waals surface area contributed by atoms with Crippen molar-refractivity contribution < 1.29 is 9.13 Å². The average Bonchev–Trinajstić information content (AvgIpc) is 2.50. The Labute approximate surface area is 133 Å². The molecule has 0 saturated carbocycles. The van der Waals surface area contributed by atoms with E-state index in [0.29, 0.717) is 0 Å². The third kappa shape index (κ3) is 19.9. The van der Waals surface area contributed by atoms with Gasteiger partial charge in [-0.05, 0) is 19.3 Å². The van der Waals surface area contributed by atoms with Crippen molar-refractivity contribution in [1.82, 2.24) is 0 Å². The molecule has 0 spiro atoms. The van der Waals surface area contributed by atoms with Crippen LogP contribution in [0.25, 0.3) is 0 Å². The van der Waals surface area contributed by atoms with Crippen LogP contribution in [0, 0.1) is 0 Å². The van der Waals surface area contributed by atoms with Crippen molar-refractivity contribution in [2.24, 2.45) is 0 Å². The van der Waals surface area contributed by atoms with E-state index in [1.165, 1.54) is 83.5 Å². The van der Waals surface area contributed by atoms with Crippen LogP contribution in [0.1, 0.15) is 103 Å². The molecule has 2 heteroatoms. The standard InChI is InChI=1S/C19H39FO/c1-2-3-18-21-19-16-14-12-10-8-6-4-5-7-9-11-13-15-17-20/h2-19H2,1H3. The summed E-state index contributed by atoms with van der Waals surface area (Å²) in [6.45, 7) is 3.98. The molecular formula is C19H39FO. The molecule has 0 amide bonds.